The van der Waals surface area contributed by atoms with Crippen LogP contribution in [0.4, 0.5) is 0 Å². The lowest BCUT2D eigenvalue weighted by molar-refractivity contribution is -0.136. The van der Waals surface area contributed by atoms with Crippen molar-refractivity contribution in [1.82, 2.24) is 8.54 Å². The number of hydrogen-bond acceptors (Lipinski definition) is 6. The van der Waals surface area contributed by atoms with Gasteiger partial charge in [0.2, 0.25) is 0 Å². The monoisotopic (exact) mass is 542 g/mol. The Morgan fingerprint density at radius 2 is 1.46 bits per heavy atom. The average molecular weight is 543 g/mol. The second-order valence-electron chi connectivity index (χ2n) is 8.90. The summed E-state index contributed by atoms with van der Waals surface area (Å²) in [5, 5.41) is 1.34. The van der Waals surface area contributed by atoms with Crippen molar-refractivity contribution in [2.45, 2.75) is 18.4 Å². The van der Waals surface area contributed by atoms with Crippen LogP contribution in [0.5, 0.6) is 0 Å². The van der Waals surface area contributed by atoms with E-state index in [2.05, 4.69) is 0 Å². The first-order valence-electron chi connectivity index (χ1n) is 12.1. The number of para-hydroxylation sites is 1. The Balaban J connectivity index is 1.99. The smallest absolute Gasteiger partial charge is 0.340 e. The highest BCUT2D eigenvalue weighted by Crippen LogP contribution is 2.41. The minimum Gasteiger partial charge on any atom is -0.466 e. The topological polar surface area (TPSA) is 96.6 Å². The Labute approximate surface area is 225 Å². The van der Waals surface area contributed by atoms with E-state index in [-0.39, 0.29) is 21.7 Å². The molecule has 39 heavy (non-hydrogen) atoms. The zero-order valence-corrected chi connectivity index (χ0v) is 22.4. The van der Waals surface area contributed by atoms with E-state index in [1.807, 2.05) is 54.0 Å². The summed E-state index contributed by atoms with van der Waals surface area (Å²) in [7, 11) is -1.73. The largest absolute Gasteiger partial charge is 0.466 e. The van der Waals surface area contributed by atoms with Crippen molar-refractivity contribution in [3.63, 3.8) is 0 Å². The van der Waals surface area contributed by atoms with Crippen molar-refractivity contribution in [3.8, 4) is 0 Å². The molecule has 0 spiro atoms. The quantitative estimate of drug-likeness (QED) is 0.214. The first-order chi connectivity index (χ1) is 18.8. The molecule has 198 valence electrons. The maximum Gasteiger partial charge on any atom is 0.340 e. The van der Waals surface area contributed by atoms with E-state index in [0.717, 1.165) is 17.3 Å². The molecule has 0 amide bonds. The zero-order chi connectivity index (χ0) is 27.7. The molecule has 0 N–H and O–H groups in total. The number of nitrogens with zero attached hydrogens (tertiary/aromatic N) is 2. The van der Waals surface area contributed by atoms with Gasteiger partial charge in [-0.1, -0.05) is 66.7 Å². The number of esters is 2. The van der Waals surface area contributed by atoms with Crippen LogP contribution >= 0.6 is 0 Å². The zero-order valence-electron chi connectivity index (χ0n) is 21.6. The van der Waals surface area contributed by atoms with Crippen molar-refractivity contribution in [1.29, 1.82) is 0 Å². The number of hydrogen-bond donors (Lipinski definition) is 0. The van der Waals surface area contributed by atoms with Crippen molar-refractivity contribution in [2.75, 3.05) is 14.2 Å². The molecule has 9 heteroatoms. The summed E-state index contributed by atoms with van der Waals surface area (Å²) in [5.41, 5.74) is 2.48. The Hall–Kier alpha value is -4.63. The summed E-state index contributed by atoms with van der Waals surface area (Å²) in [6.07, 6.45) is 1.04. The fraction of sp³-hybridized carbons (Fsp3) is 0.133. The van der Waals surface area contributed by atoms with Gasteiger partial charge in [0, 0.05) is 29.1 Å². The van der Waals surface area contributed by atoms with Crippen molar-refractivity contribution in [3.05, 3.63) is 108 Å². The van der Waals surface area contributed by atoms with Gasteiger partial charge in [-0.05, 0) is 30.7 Å². The van der Waals surface area contributed by atoms with Gasteiger partial charge in [-0.25, -0.2) is 22.0 Å². The lowest BCUT2D eigenvalue weighted by atomic mass is 10.1. The Bertz CT molecular complexity index is 1850. The maximum atomic E-state index is 14.2. The van der Waals surface area contributed by atoms with Crippen molar-refractivity contribution in [2.24, 2.45) is 0 Å². The lowest BCUT2D eigenvalue weighted by Crippen LogP contribution is -2.17. The normalized spacial score (nSPS) is 12.1. The van der Waals surface area contributed by atoms with E-state index in [1.54, 1.807) is 30.3 Å². The molecule has 0 atom stereocenters. The molecule has 0 fully saturated rings. The van der Waals surface area contributed by atoms with Crippen LogP contribution in [0.25, 0.3) is 27.4 Å². The van der Waals surface area contributed by atoms with Crippen LogP contribution in [0.1, 0.15) is 17.0 Å². The molecule has 5 rings (SSSR count). The van der Waals surface area contributed by atoms with Gasteiger partial charge in [-0.2, -0.15) is 0 Å². The number of carbonyl (C=O) groups excluding carboxylic acids is 2. The van der Waals surface area contributed by atoms with Crippen LogP contribution in [0.3, 0.4) is 0 Å². The van der Waals surface area contributed by atoms with Gasteiger partial charge in [0.15, 0.2) is 0 Å². The summed E-state index contributed by atoms with van der Waals surface area (Å²) < 4.78 is 41.5. The molecule has 3 aromatic carbocycles. The van der Waals surface area contributed by atoms with Crippen LogP contribution in [0, 0.1) is 6.92 Å². The predicted molar refractivity (Wildman–Crippen MR) is 149 cm³/mol. The summed E-state index contributed by atoms with van der Waals surface area (Å²) >= 11 is 0. The van der Waals surface area contributed by atoms with Crippen LogP contribution in [-0.2, 0) is 35.6 Å². The molecule has 5 aromatic rings. The number of ether oxygens (including phenoxy) is 2. The molecule has 0 radical (unpaired) electrons. The van der Waals surface area contributed by atoms with Crippen LogP contribution in [0.2, 0.25) is 0 Å². The van der Waals surface area contributed by atoms with Gasteiger partial charge in [0.25, 0.3) is 10.0 Å². The fourth-order valence-electron chi connectivity index (χ4n) is 4.92. The van der Waals surface area contributed by atoms with E-state index in [9.17, 15) is 18.0 Å². The van der Waals surface area contributed by atoms with E-state index in [1.165, 1.54) is 30.3 Å². The van der Waals surface area contributed by atoms with E-state index >= 15 is 0 Å². The summed E-state index contributed by atoms with van der Waals surface area (Å²) in [6.45, 7) is 2.18. The van der Waals surface area contributed by atoms with Gasteiger partial charge in [-0.15, -0.1) is 0 Å². The van der Waals surface area contributed by atoms with Gasteiger partial charge in [0.05, 0.1) is 41.4 Å². The van der Waals surface area contributed by atoms with Gasteiger partial charge in [0.1, 0.15) is 0 Å². The number of rotatable bonds is 7. The summed E-state index contributed by atoms with van der Waals surface area (Å²) in [4.78, 5) is 25.7. The molecule has 0 saturated heterocycles. The third kappa shape index (κ3) is 4.40. The van der Waals surface area contributed by atoms with Gasteiger partial charge >= 0.3 is 11.9 Å². The highest BCUT2D eigenvalue weighted by molar-refractivity contribution is 7.90. The summed E-state index contributed by atoms with van der Waals surface area (Å²) in [6, 6.07) is 24.8. The summed E-state index contributed by atoms with van der Waals surface area (Å²) in [5.74, 6) is -1.58. The third-order valence-corrected chi connectivity index (χ3v) is 8.41. The molecule has 0 aliphatic rings. The molecular formula is C30H26N2O6S. The second-order valence-corrected chi connectivity index (χ2v) is 10.7. The standard InChI is InChI=1S/C30H26N2O6S/c1-20-27-23-16-10-11-17-25(23)32(39(35,36)22-14-8-5-9-15-22)29(27)28(24(30(34)38-3)18-26(33)37-2)31(20)19-21-12-6-4-7-13-21/h4-18H,19H2,1-3H3/b24-18-. The number of carbonyl (C=O) groups is 2. The second kappa shape index (κ2) is 10.3. The molecule has 0 bridgehead atoms. The number of benzene rings is 3. The third-order valence-electron chi connectivity index (χ3n) is 6.68. The molecule has 2 aromatic heterocycles. The molecule has 2 heterocycles. The van der Waals surface area contributed by atoms with E-state index in [4.69, 9.17) is 9.47 Å². The van der Waals surface area contributed by atoms with Gasteiger partial charge < -0.3 is 14.0 Å². The van der Waals surface area contributed by atoms with Crippen LogP contribution in [-0.4, -0.2) is 43.1 Å². The minimum atomic E-state index is -4.14. The van der Waals surface area contributed by atoms with Crippen molar-refractivity contribution >= 4 is 49.3 Å². The molecule has 0 aliphatic carbocycles. The van der Waals surface area contributed by atoms with Crippen molar-refractivity contribution < 1.29 is 27.5 Å². The van der Waals surface area contributed by atoms with Gasteiger partial charge in [-0.3, -0.25) is 0 Å². The SMILES string of the molecule is COC(=O)/C=C(\C(=O)OC)c1c2c(c(C)n1Cc1ccccc1)c1ccccc1n2S(=O)(=O)c1ccccc1. The van der Waals surface area contributed by atoms with Crippen LogP contribution < -0.4 is 0 Å². The highest BCUT2D eigenvalue weighted by Gasteiger charge is 2.32. The first-order valence-corrected chi connectivity index (χ1v) is 13.6. The Morgan fingerprint density at radius 1 is 0.846 bits per heavy atom. The Kier molecular flexibility index (Phi) is 6.84. The highest BCUT2D eigenvalue weighted by atomic mass is 32.2. The number of aryl methyl sites for hydroxylation is 1. The predicted octanol–water partition coefficient (Wildman–Crippen LogP) is 4.92. The Morgan fingerprint density at radius 3 is 2.10 bits per heavy atom. The number of fused-ring (bicyclic) bond motifs is 3. The van der Waals surface area contributed by atoms with E-state index in [0.29, 0.717) is 22.8 Å². The molecule has 8 nitrogen and oxygen atoms in total. The molecular weight excluding hydrogens is 516 g/mol. The number of aromatic nitrogens is 2. The van der Waals surface area contributed by atoms with Crippen LogP contribution in [0.15, 0.2) is 95.9 Å². The first kappa shape index (κ1) is 26.0. The van der Waals surface area contributed by atoms with E-state index < -0.39 is 22.0 Å². The number of methoxy groups -OCH3 is 2. The molecule has 0 unspecified atom stereocenters. The molecule has 0 aliphatic heterocycles. The molecule has 0 saturated carbocycles. The maximum absolute atomic E-state index is 14.2. The fourth-order valence-corrected chi connectivity index (χ4v) is 6.47. The average Bonchev–Trinajstić information content (AvgIpc) is 3.44. The lowest BCUT2D eigenvalue weighted by Gasteiger charge is -2.16. The minimum absolute atomic E-state index is 0.0867.